The summed E-state index contributed by atoms with van der Waals surface area (Å²) in [6.07, 6.45) is 3.15. The molecule has 0 radical (unpaired) electrons. The molecule has 0 saturated carbocycles. The second-order valence-electron chi connectivity index (χ2n) is 2.41. The maximum absolute atomic E-state index is 11.0. The van der Waals surface area contributed by atoms with Crippen molar-refractivity contribution < 1.29 is 27.0 Å². The Morgan fingerprint density at radius 1 is 1.55 bits per heavy atom. The van der Waals surface area contributed by atoms with E-state index in [0.717, 1.165) is 19.3 Å². The van der Waals surface area contributed by atoms with Gasteiger partial charge in [0.25, 0.3) is 0 Å². The average molecular weight is 194 g/mol. The predicted molar refractivity (Wildman–Crippen MR) is 39.9 cm³/mol. The number of ether oxygens (including phenoxy) is 1. The molecule has 0 aliphatic rings. The van der Waals surface area contributed by atoms with Crippen LogP contribution in [0.5, 0.6) is 0 Å². The zero-order valence-electron chi connectivity index (χ0n) is 7.17. The zero-order valence-corrected chi connectivity index (χ0v) is 8.57. The van der Waals surface area contributed by atoms with Gasteiger partial charge in [-0.15, -0.1) is 0 Å². The number of unbranched alkanes of at least 4 members (excludes halogenated alkanes) is 1. The number of rotatable bonds is 5. The van der Waals surface area contributed by atoms with E-state index in [-0.39, 0.29) is 10.6 Å². The first kappa shape index (κ1) is 11.1. The summed E-state index contributed by atoms with van der Waals surface area (Å²) in [7, 11) is 0. The fraction of sp³-hybridized carbons (Fsp3) is 0.875. The molecule has 0 bridgehead atoms. The first-order valence-corrected chi connectivity index (χ1v) is 4.87. The van der Waals surface area contributed by atoms with Crippen molar-refractivity contribution in [3.63, 3.8) is 0 Å². The van der Waals surface area contributed by atoms with Gasteiger partial charge in [0.1, 0.15) is 0 Å². The fourth-order valence-corrected chi connectivity index (χ4v) is 1.16. The summed E-state index contributed by atoms with van der Waals surface area (Å²) >= 11 is 2.37. The number of hydrogen-bond acceptors (Lipinski definition) is 2. The minimum atomic E-state index is -0.0825. The van der Waals surface area contributed by atoms with Gasteiger partial charge in [0.15, 0.2) is 0 Å². The van der Waals surface area contributed by atoms with Gasteiger partial charge >= 0.3 is 77.3 Å². The van der Waals surface area contributed by atoms with Crippen LogP contribution >= 0.6 is 0 Å². The molecule has 1 atom stereocenters. The fourth-order valence-electron chi connectivity index (χ4n) is 0.754. The normalized spacial score (nSPS) is 12.5. The van der Waals surface area contributed by atoms with Crippen LogP contribution in [0.3, 0.4) is 0 Å². The molecule has 3 heteroatoms. The quantitative estimate of drug-likeness (QED) is 0.626. The Kier molecular flexibility index (Phi) is 6.78. The standard InChI is InChI=1S/C8H15O2.V/c1-3-5-6-7-8(9)10-4-2;/h7H,3-6H2,1-2H3;. The van der Waals surface area contributed by atoms with Crippen LogP contribution in [-0.4, -0.2) is 12.6 Å². The molecule has 0 aromatic carbocycles. The molecule has 0 fully saturated rings. The molecule has 0 aromatic heterocycles. The number of carbonyl (C=O) groups is 1. The second kappa shape index (κ2) is 6.75. The molecule has 2 nitrogen and oxygen atoms in total. The molecule has 0 aliphatic heterocycles. The molecule has 0 heterocycles. The van der Waals surface area contributed by atoms with Crippen molar-refractivity contribution in [3.05, 3.63) is 0 Å². The molecule has 0 rings (SSSR count). The van der Waals surface area contributed by atoms with Crippen molar-refractivity contribution in [1.29, 1.82) is 0 Å². The van der Waals surface area contributed by atoms with Crippen LogP contribution in [0, 0.1) is 0 Å². The van der Waals surface area contributed by atoms with Crippen LogP contribution in [0.2, 0.25) is 4.63 Å². The summed E-state index contributed by atoms with van der Waals surface area (Å²) in [5.41, 5.74) is 0. The van der Waals surface area contributed by atoms with Crippen LogP contribution in [-0.2, 0) is 27.0 Å². The first-order valence-electron chi connectivity index (χ1n) is 4.07. The second-order valence-corrected chi connectivity index (χ2v) is 3.38. The van der Waals surface area contributed by atoms with Crippen LogP contribution < -0.4 is 0 Å². The van der Waals surface area contributed by atoms with E-state index in [0.29, 0.717) is 6.61 Å². The third-order valence-corrected chi connectivity index (χ3v) is 2.12. The van der Waals surface area contributed by atoms with E-state index in [4.69, 9.17) is 4.74 Å². The van der Waals surface area contributed by atoms with E-state index < -0.39 is 0 Å². The Labute approximate surface area is 77.7 Å². The third kappa shape index (κ3) is 5.34. The third-order valence-electron chi connectivity index (χ3n) is 1.39. The molecule has 0 N–H and O–H groups in total. The van der Waals surface area contributed by atoms with Gasteiger partial charge in [-0.2, -0.15) is 0 Å². The number of esters is 1. The average Bonchev–Trinajstić information content (AvgIpc) is 2.00. The van der Waals surface area contributed by atoms with Gasteiger partial charge in [-0.05, 0) is 0 Å². The van der Waals surface area contributed by atoms with Gasteiger partial charge < -0.3 is 0 Å². The summed E-state index contributed by atoms with van der Waals surface area (Å²) in [6, 6.07) is 0. The molecule has 0 spiro atoms. The molecule has 64 valence electrons. The Balaban J connectivity index is 3.46. The molecular weight excluding hydrogens is 179 g/mol. The van der Waals surface area contributed by atoms with Crippen molar-refractivity contribution in [2.75, 3.05) is 6.61 Å². The van der Waals surface area contributed by atoms with E-state index >= 15 is 0 Å². The monoisotopic (exact) mass is 194 g/mol. The summed E-state index contributed by atoms with van der Waals surface area (Å²) in [4.78, 5) is 11.0. The Morgan fingerprint density at radius 3 is 2.64 bits per heavy atom. The Bertz CT molecular complexity index is 115. The first-order chi connectivity index (χ1) is 5.22. The molecule has 11 heavy (non-hydrogen) atoms. The van der Waals surface area contributed by atoms with Crippen molar-refractivity contribution in [2.45, 2.75) is 37.7 Å². The van der Waals surface area contributed by atoms with E-state index in [1.54, 1.807) is 0 Å². The topological polar surface area (TPSA) is 26.3 Å². The number of carbonyl (C=O) groups excluding carboxylic acids is 1. The number of hydrogen-bond donors (Lipinski definition) is 0. The van der Waals surface area contributed by atoms with Crippen LogP contribution in [0.4, 0.5) is 0 Å². The summed E-state index contributed by atoms with van der Waals surface area (Å²) in [6.45, 7) is 4.43. The molecule has 1 unspecified atom stereocenters. The van der Waals surface area contributed by atoms with Crippen LogP contribution in [0.15, 0.2) is 0 Å². The summed E-state index contributed by atoms with van der Waals surface area (Å²) in [5.74, 6) is -0.0825. The SMILES string of the molecule is CCCC[CH]([V])C(=O)OCC. The molecule has 0 amide bonds. The van der Waals surface area contributed by atoms with Gasteiger partial charge in [-0.25, -0.2) is 0 Å². The van der Waals surface area contributed by atoms with Gasteiger partial charge in [0.2, 0.25) is 0 Å². The van der Waals surface area contributed by atoms with Gasteiger partial charge in [-0.3, -0.25) is 0 Å². The molecule has 0 saturated heterocycles. The van der Waals surface area contributed by atoms with Crippen molar-refractivity contribution >= 4 is 5.97 Å². The minimum absolute atomic E-state index is 0.0161. The maximum atomic E-state index is 11.0. The van der Waals surface area contributed by atoms with E-state index in [1.807, 2.05) is 6.92 Å². The molecule has 0 aromatic rings. The van der Waals surface area contributed by atoms with Gasteiger partial charge in [-0.1, -0.05) is 0 Å². The molecular formula is C8H15O2V. The van der Waals surface area contributed by atoms with Crippen LogP contribution in [0.25, 0.3) is 0 Å². The Hall–Kier alpha value is 0.0544. The zero-order chi connectivity index (χ0) is 8.69. The molecule has 0 aliphatic carbocycles. The van der Waals surface area contributed by atoms with E-state index in [9.17, 15) is 4.79 Å². The van der Waals surface area contributed by atoms with E-state index in [1.165, 1.54) is 0 Å². The van der Waals surface area contributed by atoms with Gasteiger partial charge in [0, 0.05) is 0 Å². The van der Waals surface area contributed by atoms with Crippen molar-refractivity contribution in [3.8, 4) is 0 Å². The van der Waals surface area contributed by atoms with Crippen LogP contribution in [0.1, 0.15) is 33.1 Å². The van der Waals surface area contributed by atoms with E-state index in [2.05, 4.69) is 24.3 Å². The Morgan fingerprint density at radius 2 is 2.18 bits per heavy atom. The van der Waals surface area contributed by atoms with Gasteiger partial charge in [0.05, 0.1) is 0 Å². The summed E-state index contributed by atoms with van der Waals surface area (Å²) in [5, 5.41) is 0. The van der Waals surface area contributed by atoms with Crippen molar-refractivity contribution in [1.82, 2.24) is 0 Å². The van der Waals surface area contributed by atoms with Crippen molar-refractivity contribution in [2.24, 2.45) is 0 Å². The predicted octanol–water partition coefficient (Wildman–Crippen LogP) is 2.08. The summed E-state index contributed by atoms with van der Waals surface area (Å²) < 4.78 is 4.86.